The van der Waals surface area contributed by atoms with Gasteiger partial charge in [-0.1, -0.05) is 0 Å². The number of aromatic nitrogens is 1. The summed E-state index contributed by atoms with van der Waals surface area (Å²) in [6.07, 6.45) is 4.41. The number of piperidine rings is 1. The number of pyridine rings is 1. The topological polar surface area (TPSA) is 106 Å². The van der Waals surface area contributed by atoms with Crippen LogP contribution in [0.2, 0.25) is 0 Å². The van der Waals surface area contributed by atoms with E-state index in [9.17, 15) is 19.8 Å². The van der Waals surface area contributed by atoms with Crippen LogP contribution < -0.4 is 14.5 Å². The molecule has 2 amide bonds. The molecule has 9 heteroatoms. The van der Waals surface area contributed by atoms with Gasteiger partial charge < -0.3 is 24.7 Å². The van der Waals surface area contributed by atoms with Crippen molar-refractivity contribution in [2.45, 2.75) is 57.1 Å². The SMILES string of the molecule is COc1ccc(N(C)C(=O)O)c(N2CCCC3(CCN([C@H]4CC[C@H](O)CC4)C3=O)C2)n1. The highest BCUT2D eigenvalue weighted by atomic mass is 16.5. The lowest BCUT2D eigenvalue weighted by atomic mass is 9.78. The average molecular weight is 433 g/mol. The van der Waals surface area contributed by atoms with Gasteiger partial charge in [0.05, 0.1) is 24.3 Å². The normalized spacial score (nSPS) is 28.8. The fourth-order valence-corrected chi connectivity index (χ4v) is 5.39. The summed E-state index contributed by atoms with van der Waals surface area (Å²) < 4.78 is 5.28. The number of amides is 2. The van der Waals surface area contributed by atoms with E-state index >= 15 is 0 Å². The molecule has 2 saturated heterocycles. The van der Waals surface area contributed by atoms with E-state index in [2.05, 4.69) is 4.98 Å². The van der Waals surface area contributed by atoms with Crippen molar-refractivity contribution < 1.29 is 24.5 Å². The fourth-order valence-electron chi connectivity index (χ4n) is 5.39. The smallest absolute Gasteiger partial charge is 0.411 e. The molecule has 0 radical (unpaired) electrons. The quantitative estimate of drug-likeness (QED) is 0.752. The first-order chi connectivity index (χ1) is 14.8. The Bertz CT molecular complexity index is 841. The molecule has 3 fully saturated rings. The Morgan fingerprint density at radius 3 is 2.65 bits per heavy atom. The van der Waals surface area contributed by atoms with E-state index in [0.29, 0.717) is 30.5 Å². The number of aliphatic hydroxyl groups is 1. The summed E-state index contributed by atoms with van der Waals surface area (Å²) in [5, 5.41) is 19.3. The molecule has 4 rings (SSSR count). The first-order valence-electron chi connectivity index (χ1n) is 11.1. The zero-order chi connectivity index (χ0) is 22.2. The van der Waals surface area contributed by atoms with Crippen LogP contribution in [0.3, 0.4) is 0 Å². The van der Waals surface area contributed by atoms with Gasteiger partial charge in [-0.25, -0.2) is 4.79 Å². The largest absolute Gasteiger partial charge is 0.481 e. The Morgan fingerprint density at radius 2 is 1.97 bits per heavy atom. The maximum absolute atomic E-state index is 13.6. The number of carbonyl (C=O) groups is 2. The van der Waals surface area contributed by atoms with Crippen LogP contribution in [-0.2, 0) is 4.79 Å². The molecule has 1 unspecified atom stereocenters. The summed E-state index contributed by atoms with van der Waals surface area (Å²) >= 11 is 0. The number of hydrogen-bond donors (Lipinski definition) is 2. The van der Waals surface area contributed by atoms with Crippen LogP contribution in [0.5, 0.6) is 5.88 Å². The molecule has 170 valence electrons. The number of rotatable bonds is 4. The van der Waals surface area contributed by atoms with Crippen LogP contribution in [0.4, 0.5) is 16.3 Å². The van der Waals surface area contributed by atoms with Crippen molar-refractivity contribution in [3.8, 4) is 5.88 Å². The van der Waals surface area contributed by atoms with Gasteiger partial charge in [0.15, 0.2) is 5.82 Å². The predicted octanol–water partition coefficient (Wildman–Crippen LogP) is 2.33. The molecule has 1 atom stereocenters. The van der Waals surface area contributed by atoms with Crippen LogP contribution in [0.25, 0.3) is 0 Å². The average Bonchev–Trinajstić information content (AvgIpc) is 3.08. The molecule has 1 aliphatic carbocycles. The van der Waals surface area contributed by atoms with Crippen LogP contribution in [0, 0.1) is 5.41 Å². The first kappa shape index (κ1) is 21.7. The number of methoxy groups -OCH3 is 1. The molecule has 1 saturated carbocycles. The second kappa shape index (κ2) is 8.53. The molecule has 3 aliphatic rings. The predicted molar refractivity (Wildman–Crippen MR) is 116 cm³/mol. The Balaban J connectivity index is 1.58. The number of aliphatic hydroxyl groups excluding tert-OH is 1. The second-order valence-electron chi connectivity index (χ2n) is 9.05. The molecular formula is C22H32N4O5. The standard InChI is InChI=1S/C22H32N4O5/c1-24(21(29)30)17-8-9-18(31-2)23-19(17)25-12-3-10-22(14-25)11-13-26(20(22)28)15-4-6-16(27)7-5-15/h8-9,15-16,27H,3-7,10-14H2,1-2H3,(H,29,30)/t15-,16-,22?. The van der Waals surface area contributed by atoms with E-state index in [-0.39, 0.29) is 18.1 Å². The van der Waals surface area contributed by atoms with E-state index in [1.54, 1.807) is 12.1 Å². The van der Waals surface area contributed by atoms with Crippen LogP contribution in [0.1, 0.15) is 44.9 Å². The summed E-state index contributed by atoms with van der Waals surface area (Å²) in [5.74, 6) is 1.15. The van der Waals surface area contributed by atoms with Crippen molar-refractivity contribution >= 4 is 23.5 Å². The number of carboxylic acid groups (broad SMARTS) is 1. The van der Waals surface area contributed by atoms with Gasteiger partial charge in [0, 0.05) is 38.8 Å². The third-order valence-corrected chi connectivity index (χ3v) is 7.22. The lowest BCUT2D eigenvalue weighted by Crippen LogP contribution is -2.50. The zero-order valence-electron chi connectivity index (χ0n) is 18.3. The van der Waals surface area contributed by atoms with Gasteiger partial charge in [0.1, 0.15) is 0 Å². The molecule has 1 spiro atoms. The van der Waals surface area contributed by atoms with E-state index in [4.69, 9.17) is 4.74 Å². The molecule has 0 aromatic carbocycles. The van der Waals surface area contributed by atoms with Crippen LogP contribution in [0.15, 0.2) is 12.1 Å². The molecule has 1 aromatic heterocycles. The number of hydrogen-bond acceptors (Lipinski definition) is 6. The van der Waals surface area contributed by atoms with Crippen molar-refractivity contribution in [2.24, 2.45) is 5.41 Å². The van der Waals surface area contributed by atoms with Gasteiger partial charge in [0.25, 0.3) is 0 Å². The Hall–Kier alpha value is -2.55. The monoisotopic (exact) mass is 432 g/mol. The summed E-state index contributed by atoms with van der Waals surface area (Å²) in [6, 6.07) is 3.57. The molecule has 1 aromatic rings. The highest BCUT2D eigenvalue weighted by Crippen LogP contribution is 2.44. The molecule has 2 N–H and O–H groups in total. The van der Waals surface area contributed by atoms with Gasteiger partial charge in [-0.3, -0.25) is 9.69 Å². The fraction of sp³-hybridized carbons (Fsp3) is 0.682. The lowest BCUT2D eigenvalue weighted by molar-refractivity contribution is -0.139. The summed E-state index contributed by atoms with van der Waals surface area (Å²) in [6.45, 7) is 1.99. The van der Waals surface area contributed by atoms with E-state index < -0.39 is 11.5 Å². The highest BCUT2D eigenvalue weighted by molar-refractivity contribution is 5.90. The van der Waals surface area contributed by atoms with E-state index in [1.165, 1.54) is 14.2 Å². The van der Waals surface area contributed by atoms with Crippen molar-refractivity contribution in [1.82, 2.24) is 9.88 Å². The first-order valence-corrected chi connectivity index (χ1v) is 11.1. The van der Waals surface area contributed by atoms with Gasteiger partial charge >= 0.3 is 6.09 Å². The maximum atomic E-state index is 13.6. The highest BCUT2D eigenvalue weighted by Gasteiger charge is 2.51. The summed E-state index contributed by atoms with van der Waals surface area (Å²) in [4.78, 5) is 35.0. The van der Waals surface area contributed by atoms with E-state index in [1.807, 2.05) is 9.80 Å². The molecule has 0 bridgehead atoms. The Labute approximate surface area is 182 Å². The van der Waals surface area contributed by atoms with Gasteiger partial charge in [-0.05, 0) is 51.0 Å². The number of nitrogens with zero attached hydrogens (tertiary/aromatic N) is 4. The molecule has 3 heterocycles. The molecule has 9 nitrogen and oxygen atoms in total. The summed E-state index contributed by atoms with van der Waals surface area (Å²) in [5.41, 5.74) is 0.0203. The van der Waals surface area contributed by atoms with Gasteiger partial charge in [0.2, 0.25) is 11.8 Å². The van der Waals surface area contributed by atoms with E-state index in [0.717, 1.165) is 56.4 Å². The van der Waals surface area contributed by atoms with Crippen molar-refractivity contribution in [3.05, 3.63) is 12.1 Å². The molecular weight excluding hydrogens is 400 g/mol. The number of likely N-dealkylation sites (tertiary alicyclic amines) is 1. The maximum Gasteiger partial charge on any atom is 0.411 e. The number of carbonyl (C=O) groups excluding carboxylic acids is 1. The van der Waals surface area contributed by atoms with Crippen molar-refractivity contribution in [3.63, 3.8) is 0 Å². The van der Waals surface area contributed by atoms with Crippen LogP contribution in [-0.4, -0.2) is 78.0 Å². The minimum Gasteiger partial charge on any atom is -0.481 e. The summed E-state index contributed by atoms with van der Waals surface area (Å²) in [7, 11) is 3.03. The van der Waals surface area contributed by atoms with Crippen LogP contribution >= 0.6 is 0 Å². The number of anilines is 2. The zero-order valence-corrected chi connectivity index (χ0v) is 18.3. The minimum absolute atomic E-state index is 0.203. The number of ether oxygens (including phenoxy) is 1. The molecule has 31 heavy (non-hydrogen) atoms. The second-order valence-corrected chi connectivity index (χ2v) is 9.05. The lowest BCUT2D eigenvalue weighted by Gasteiger charge is -2.41. The van der Waals surface area contributed by atoms with Crippen molar-refractivity contribution in [1.29, 1.82) is 0 Å². The third-order valence-electron chi connectivity index (χ3n) is 7.22. The Morgan fingerprint density at radius 1 is 1.23 bits per heavy atom. The Kier molecular flexibility index (Phi) is 5.96. The minimum atomic E-state index is -1.07. The van der Waals surface area contributed by atoms with Gasteiger partial charge in [-0.15, -0.1) is 0 Å². The van der Waals surface area contributed by atoms with Gasteiger partial charge in [-0.2, -0.15) is 4.98 Å². The molecule has 2 aliphatic heterocycles. The third kappa shape index (κ3) is 4.03. The van der Waals surface area contributed by atoms with Crippen molar-refractivity contribution in [2.75, 3.05) is 43.6 Å².